The second-order valence-electron chi connectivity index (χ2n) is 11.1. The van der Waals surface area contributed by atoms with E-state index >= 15 is 0 Å². The quantitative estimate of drug-likeness (QED) is 0.225. The lowest BCUT2D eigenvalue weighted by Gasteiger charge is -2.34. The van der Waals surface area contributed by atoms with E-state index in [9.17, 15) is 26.9 Å². The summed E-state index contributed by atoms with van der Waals surface area (Å²) in [6.45, 7) is 5.36. The van der Waals surface area contributed by atoms with E-state index < -0.39 is 26.0 Å². The van der Waals surface area contributed by atoms with E-state index in [1.165, 1.54) is 35.6 Å². The summed E-state index contributed by atoms with van der Waals surface area (Å²) in [5.74, 6) is -0.176. The van der Waals surface area contributed by atoms with Crippen LogP contribution in [0.2, 0.25) is 0 Å². The Morgan fingerprint density at radius 3 is 2.19 bits per heavy atom. The second kappa shape index (κ2) is 15.2. The summed E-state index contributed by atoms with van der Waals surface area (Å²) in [6.07, 6.45) is 1.05. The third kappa shape index (κ3) is 8.80. The number of nitrogens with zero attached hydrogens (tertiary/aromatic N) is 7. The van der Waals surface area contributed by atoms with Crippen molar-refractivity contribution in [3.63, 3.8) is 0 Å². The van der Waals surface area contributed by atoms with Crippen molar-refractivity contribution in [2.24, 2.45) is 11.5 Å². The van der Waals surface area contributed by atoms with Crippen LogP contribution in [0, 0.1) is 18.3 Å². The number of aryl methyl sites for hydroxylation is 1. The van der Waals surface area contributed by atoms with Crippen molar-refractivity contribution in [3.8, 4) is 6.07 Å². The Hall–Kier alpha value is -4.18. The monoisotopic (exact) mass is 684 g/mol. The normalized spacial score (nSPS) is 14.2. The number of carbonyl (C=O) groups excluding carboxylic acids is 1. The van der Waals surface area contributed by atoms with Crippen molar-refractivity contribution in [1.82, 2.24) is 19.2 Å². The van der Waals surface area contributed by atoms with Crippen LogP contribution in [0.1, 0.15) is 27.3 Å². The van der Waals surface area contributed by atoms with Crippen LogP contribution in [0.4, 0.5) is 17.3 Å². The van der Waals surface area contributed by atoms with Gasteiger partial charge in [0, 0.05) is 77.3 Å². The Morgan fingerprint density at radius 1 is 0.979 bits per heavy atom. The number of amides is 1. The van der Waals surface area contributed by atoms with Crippen LogP contribution in [0.25, 0.3) is 0 Å². The van der Waals surface area contributed by atoms with E-state index in [0.717, 1.165) is 16.1 Å². The molecular formula is C30H40N10O5S2. The smallest absolute Gasteiger partial charge is 0.257 e. The van der Waals surface area contributed by atoms with Crippen molar-refractivity contribution in [3.05, 3.63) is 71.0 Å². The van der Waals surface area contributed by atoms with Gasteiger partial charge in [-0.2, -0.15) is 9.57 Å². The minimum Gasteiger partial charge on any atom is -0.338 e. The van der Waals surface area contributed by atoms with E-state index in [1.807, 2.05) is 15.9 Å². The topological polar surface area (TPSA) is 212 Å². The molecule has 1 saturated heterocycles. The number of piperazine rings is 1. The predicted octanol–water partition coefficient (Wildman–Crippen LogP) is 0.535. The van der Waals surface area contributed by atoms with E-state index in [0.29, 0.717) is 63.1 Å². The molecule has 1 amide bonds. The van der Waals surface area contributed by atoms with Crippen LogP contribution in [-0.2, 0) is 26.6 Å². The number of nitrogens with one attached hydrogen (secondary N) is 1. The fourth-order valence-electron chi connectivity index (χ4n) is 5.15. The molecular weight excluding hydrogens is 645 g/mol. The number of benzene rings is 2. The van der Waals surface area contributed by atoms with E-state index in [-0.39, 0.29) is 34.9 Å². The Kier molecular flexibility index (Phi) is 11.5. The Morgan fingerprint density at radius 2 is 1.62 bits per heavy atom. The fourth-order valence-corrected chi connectivity index (χ4v) is 7.09. The highest BCUT2D eigenvalue weighted by atomic mass is 32.2. The number of aromatic nitrogens is 2. The summed E-state index contributed by atoms with van der Waals surface area (Å²) in [4.78, 5) is 26.1. The van der Waals surface area contributed by atoms with E-state index in [4.69, 9.17) is 11.5 Å². The first-order valence-electron chi connectivity index (χ1n) is 14.9. The van der Waals surface area contributed by atoms with Crippen molar-refractivity contribution in [2.45, 2.75) is 18.4 Å². The van der Waals surface area contributed by atoms with Gasteiger partial charge in [0.2, 0.25) is 26.0 Å². The molecule has 0 bridgehead atoms. The molecule has 1 aliphatic heterocycles. The number of hydrogen-bond donors (Lipinski definition) is 3. The number of carbonyl (C=O) groups is 1. The molecule has 1 aromatic heterocycles. The third-order valence-corrected chi connectivity index (χ3v) is 10.8. The number of sulfonamides is 2. The van der Waals surface area contributed by atoms with Crippen LogP contribution in [-0.4, -0.2) is 108 Å². The molecule has 0 atom stereocenters. The first kappa shape index (κ1) is 35.7. The van der Waals surface area contributed by atoms with Crippen LogP contribution in [0.3, 0.4) is 0 Å². The Labute approximate surface area is 275 Å². The van der Waals surface area contributed by atoms with Gasteiger partial charge in [0.25, 0.3) is 5.91 Å². The molecule has 17 heteroatoms. The number of anilines is 3. The average molecular weight is 685 g/mol. The molecule has 252 valence electrons. The maximum Gasteiger partial charge on any atom is 0.257 e. The molecule has 1 fully saturated rings. The molecule has 2 heterocycles. The number of nitriles is 1. The lowest BCUT2D eigenvalue weighted by molar-refractivity contribution is 0.102. The van der Waals surface area contributed by atoms with Gasteiger partial charge in [0.05, 0.1) is 22.4 Å². The van der Waals surface area contributed by atoms with E-state index in [2.05, 4.69) is 15.3 Å². The molecule has 3 aromatic rings. The molecule has 0 spiro atoms. The number of nitrogens with two attached hydrogens (primary N) is 2. The minimum absolute atomic E-state index is 0.0573. The van der Waals surface area contributed by atoms with E-state index in [1.54, 1.807) is 31.2 Å². The summed E-state index contributed by atoms with van der Waals surface area (Å²) < 4.78 is 54.0. The van der Waals surface area contributed by atoms with Gasteiger partial charge in [0.15, 0.2) is 0 Å². The van der Waals surface area contributed by atoms with Gasteiger partial charge in [-0.3, -0.25) is 14.0 Å². The molecule has 0 saturated carbocycles. The third-order valence-electron chi connectivity index (χ3n) is 7.67. The largest absolute Gasteiger partial charge is 0.338 e. The Balaban J connectivity index is 1.49. The molecule has 2 aromatic carbocycles. The van der Waals surface area contributed by atoms with Gasteiger partial charge in [-0.25, -0.2) is 26.8 Å². The number of hydrogen-bond acceptors (Lipinski definition) is 12. The van der Waals surface area contributed by atoms with Crippen molar-refractivity contribution >= 4 is 43.3 Å². The Bertz CT molecular complexity index is 1830. The first-order valence-corrected chi connectivity index (χ1v) is 18.2. The van der Waals surface area contributed by atoms with Gasteiger partial charge in [0.1, 0.15) is 11.8 Å². The van der Waals surface area contributed by atoms with Gasteiger partial charge >= 0.3 is 0 Å². The zero-order valence-corrected chi connectivity index (χ0v) is 28.3. The summed E-state index contributed by atoms with van der Waals surface area (Å²) in [6, 6.07) is 14.4. The predicted molar refractivity (Wildman–Crippen MR) is 180 cm³/mol. The molecule has 0 radical (unpaired) electrons. The van der Waals surface area contributed by atoms with Gasteiger partial charge in [-0.15, -0.1) is 0 Å². The van der Waals surface area contributed by atoms with Crippen molar-refractivity contribution < 1.29 is 21.6 Å². The standard InChI is InChI=1S/C30H40N10O5S2/c1-22-18-25(20-33)36-30(34-22)39-14-16-40(17-15-39)47(44,45)26-7-5-24(6-8-26)35-29(41)27-19-23(21-38(12-10-31)13-11-32)4-9-28(27)37(2)46(3,42)43/h4-9,18-19H,10-17,21,31-32H2,1-3H3,(H,35,41). The molecule has 1 aliphatic rings. The molecule has 0 unspecified atom stereocenters. The lowest BCUT2D eigenvalue weighted by Crippen LogP contribution is -2.49. The van der Waals surface area contributed by atoms with Crippen LogP contribution < -0.4 is 26.0 Å². The first-order chi connectivity index (χ1) is 22.3. The van der Waals surface area contributed by atoms with Crippen LogP contribution in [0.5, 0.6) is 0 Å². The fraction of sp³-hybridized carbons (Fsp3) is 0.400. The maximum absolute atomic E-state index is 13.5. The van der Waals surface area contributed by atoms with Crippen LogP contribution in [0.15, 0.2) is 53.4 Å². The maximum atomic E-state index is 13.5. The second-order valence-corrected chi connectivity index (χ2v) is 15.1. The lowest BCUT2D eigenvalue weighted by atomic mass is 10.1. The number of rotatable bonds is 13. The summed E-state index contributed by atoms with van der Waals surface area (Å²) >= 11 is 0. The average Bonchev–Trinajstić information content (AvgIpc) is 3.04. The van der Waals surface area contributed by atoms with Gasteiger partial charge in [-0.1, -0.05) is 6.07 Å². The molecule has 0 aliphatic carbocycles. The molecule has 4 rings (SSSR count). The summed E-state index contributed by atoms with van der Waals surface area (Å²) in [7, 11) is -6.15. The van der Waals surface area contributed by atoms with Gasteiger partial charge < -0.3 is 21.7 Å². The molecule has 5 N–H and O–H groups in total. The molecule has 15 nitrogen and oxygen atoms in total. The summed E-state index contributed by atoms with van der Waals surface area (Å²) in [5, 5.41) is 12.0. The highest BCUT2D eigenvalue weighted by Gasteiger charge is 2.30. The van der Waals surface area contributed by atoms with Crippen molar-refractivity contribution in [1.29, 1.82) is 5.26 Å². The van der Waals surface area contributed by atoms with Crippen LogP contribution >= 0.6 is 0 Å². The summed E-state index contributed by atoms with van der Waals surface area (Å²) in [5.41, 5.74) is 13.8. The zero-order chi connectivity index (χ0) is 34.4. The molecule has 47 heavy (non-hydrogen) atoms. The highest BCUT2D eigenvalue weighted by Crippen LogP contribution is 2.26. The minimum atomic E-state index is -3.84. The van der Waals surface area contributed by atoms with Crippen molar-refractivity contribution in [2.75, 3.05) is 80.2 Å². The zero-order valence-electron chi connectivity index (χ0n) is 26.6. The highest BCUT2D eigenvalue weighted by molar-refractivity contribution is 7.92. The van der Waals surface area contributed by atoms with Gasteiger partial charge in [-0.05, 0) is 55.0 Å². The SMILES string of the molecule is Cc1cc(C#N)nc(N2CCN(S(=O)(=O)c3ccc(NC(=O)c4cc(CN(CCN)CCN)ccc4N(C)S(C)(=O)=O)cc3)CC2)n1.